The van der Waals surface area contributed by atoms with Gasteiger partial charge in [-0.15, -0.1) is 0 Å². The molecule has 0 spiro atoms. The lowest BCUT2D eigenvalue weighted by Gasteiger charge is -2.12. The van der Waals surface area contributed by atoms with Crippen LogP contribution in [0.3, 0.4) is 0 Å². The van der Waals surface area contributed by atoms with Crippen LogP contribution in [0.1, 0.15) is 19.4 Å². The first-order chi connectivity index (χ1) is 14.0. The largest absolute Gasteiger partial charge is 0.492 e. The number of hydrogen-bond donors (Lipinski definition) is 2. The number of carbonyl (C=O) groups is 2. The number of rotatable bonds is 9. The zero-order valence-corrected chi connectivity index (χ0v) is 16.3. The molecular formula is C22H23N3O4. The molecule has 0 aliphatic rings. The molecule has 2 aromatic carbocycles. The molecule has 2 rings (SSSR count). The Hall–Kier alpha value is -3.79. The average molecular weight is 393 g/mol. The molecule has 150 valence electrons. The molecule has 0 bridgehead atoms. The molecule has 7 heteroatoms. The van der Waals surface area contributed by atoms with E-state index in [2.05, 4.69) is 10.6 Å². The van der Waals surface area contributed by atoms with Crippen molar-refractivity contribution >= 4 is 23.3 Å². The van der Waals surface area contributed by atoms with E-state index >= 15 is 0 Å². The molecule has 1 atom stereocenters. The zero-order chi connectivity index (χ0) is 21.1. The summed E-state index contributed by atoms with van der Waals surface area (Å²) < 4.78 is 10.7. The minimum absolute atomic E-state index is 0.113. The fraction of sp³-hybridized carbons (Fsp3) is 0.227. The maximum absolute atomic E-state index is 12.1. The number of nitrogens with zero attached hydrogens (tertiary/aromatic N) is 1. The van der Waals surface area contributed by atoms with Gasteiger partial charge in [0.2, 0.25) is 5.91 Å². The molecule has 7 nitrogen and oxygen atoms in total. The van der Waals surface area contributed by atoms with Gasteiger partial charge in [-0.1, -0.05) is 30.3 Å². The van der Waals surface area contributed by atoms with Crippen molar-refractivity contribution < 1.29 is 19.1 Å². The van der Waals surface area contributed by atoms with Gasteiger partial charge in [0, 0.05) is 18.7 Å². The van der Waals surface area contributed by atoms with E-state index in [0.29, 0.717) is 23.7 Å². The normalized spacial score (nSPS) is 11.3. The summed E-state index contributed by atoms with van der Waals surface area (Å²) >= 11 is 0. The predicted molar refractivity (Wildman–Crippen MR) is 110 cm³/mol. The maximum Gasteiger partial charge on any atom is 0.327 e. The summed E-state index contributed by atoms with van der Waals surface area (Å²) in [5.74, 6) is -1.33. The van der Waals surface area contributed by atoms with Crippen molar-refractivity contribution in [1.29, 1.82) is 5.26 Å². The van der Waals surface area contributed by atoms with Crippen molar-refractivity contribution in [1.82, 2.24) is 0 Å². The first kappa shape index (κ1) is 21.5. The Kier molecular flexibility index (Phi) is 8.27. The van der Waals surface area contributed by atoms with Crippen molar-refractivity contribution in [2.45, 2.75) is 20.5 Å². The summed E-state index contributed by atoms with van der Waals surface area (Å²) in [7, 11) is 0. The number of esters is 1. The Bertz CT molecular complexity index is 904. The highest BCUT2D eigenvalue weighted by Gasteiger charge is 2.16. The van der Waals surface area contributed by atoms with Gasteiger partial charge in [0.1, 0.15) is 12.4 Å². The second kappa shape index (κ2) is 11.1. The molecule has 29 heavy (non-hydrogen) atoms. The highest BCUT2D eigenvalue weighted by Crippen LogP contribution is 2.28. The third kappa shape index (κ3) is 7.03. The summed E-state index contributed by atoms with van der Waals surface area (Å²) in [4.78, 5) is 23.4. The Balaban J connectivity index is 1.97. The number of ether oxygens (including phenoxy) is 2. The van der Waals surface area contributed by atoms with E-state index in [1.165, 1.54) is 19.2 Å². The lowest BCUT2D eigenvalue weighted by Crippen LogP contribution is -2.14. The second-order valence-electron chi connectivity index (χ2n) is 6.03. The van der Waals surface area contributed by atoms with Crippen LogP contribution in [0.5, 0.6) is 5.75 Å². The second-order valence-corrected chi connectivity index (χ2v) is 6.03. The molecule has 0 saturated carbocycles. The van der Waals surface area contributed by atoms with E-state index in [9.17, 15) is 14.9 Å². The zero-order valence-electron chi connectivity index (χ0n) is 16.3. The number of amides is 1. The van der Waals surface area contributed by atoms with Crippen molar-refractivity contribution in [3.63, 3.8) is 0 Å². The molecule has 0 heterocycles. The molecule has 1 amide bonds. The number of benzene rings is 2. The lowest BCUT2D eigenvalue weighted by atomic mass is 10.1. The fourth-order valence-electron chi connectivity index (χ4n) is 2.41. The van der Waals surface area contributed by atoms with Crippen LogP contribution in [-0.2, 0) is 20.9 Å². The minimum atomic E-state index is -1.03. The van der Waals surface area contributed by atoms with Crippen molar-refractivity contribution in [3.05, 3.63) is 66.4 Å². The number of nitriles is 1. The molecule has 0 aliphatic carbocycles. The van der Waals surface area contributed by atoms with Gasteiger partial charge in [0.15, 0.2) is 5.92 Å². The standard InChI is InChI=1S/C22H23N3O4/c1-3-28-21-13-19(9-10-20(21)25-16(2)26)24-12-11-18(14-23)22(27)29-15-17-7-5-4-6-8-17/h4-13,18,24H,3,15H2,1-2H3,(H,25,26)/b12-11+. The van der Waals surface area contributed by atoms with Gasteiger partial charge in [-0.3, -0.25) is 9.59 Å². The van der Waals surface area contributed by atoms with Crippen LogP contribution >= 0.6 is 0 Å². The average Bonchev–Trinajstić information content (AvgIpc) is 2.72. The maximum atomic E-state index is 12.1. The van der Waals surface area contributed by atoms with E-state index in [-0.39, 0.29) is 12.5 Å². The quantitative estimate of drug-likeness (QED) is 0.628. The molecular weight excluding hydrogens is 370 g/mol. The first-order valence-corrected chi connectivity index (χ1v) is 9.11. The number of carbonyl (C=O) groups excluding carboxylic acids is 2. The molecule has 0 aliphatic heterocycles. The number of anilines is 2. The summed E-state index contributed by atoms with van der Waals surface area (Å²) in [6.07, 6.45) is 2.93. The smallest absolute Gasteiger partial charge is 0.327 e. The predicted octanol–water partition coefficient (Wildman–Crippen LogP) is 3.85. The SMILES string of the molecule is CCOc1cc(N/C=C/C(C#N)C(=O)OCc2ccccc2)ccc1NC(C)=O. The van der Waals surface area contributed by atoms with E-state index in [1.54, 1.807) is 18.2 Å². The van der Waals surface area contributed by atoms with Gasteiger partial charge in [-0.25, -0.2) is 0 Å². The van der Waals surface area contributed by atoms with Gasteiger partial charge < -0.3 is 20.1 Å². The highest BCUT2D eigenvalue weighted by atomic mass is 16.5. The third-order valence-electron chi connectivity index (χ3n) is 3.75. The van der Waals surface area contributed by atoms with Crippen LogP contribution in [0.2, 0.25) is 0 Å². The van der Waals surface area contributed by atoms with E-state index in [0.717, 1.165) is 5.56 Å². The minimum Gasteiger partial charge on any atom is -0.492 e. The van der Waals surface area contributed by atoms with Crippen LogP contribution < -0.4 is 15.4 Å². The summed E-state index contributed by atoms with van der Waals surface area (Å²) in [6, 6.07) is 16.3. The van der Waals surface area contributed by atoms with Gasteiger partial charge in [-0.2, -0.15) is 5.26 Å². The third-order valence-corrected chi connectivity index (χ3v) is 3.75. The fourth-order valence-corrected chi connectivity index (χ4v) is 2.41. The van der Waals surface area contributed by atoms with Gasteiger partial charge in [0.25, 0.3) is 0 Å². The van der Waals surface area contributed by atoms with Crippen LogP contribution in [0.15, 0.2) is 60.8 Å². The number of nitrogens with one attached hydrogen (secondary N) is 2. The molecule has 0 fully saturated rings. The monoisotopic (exact) mass is 393 g/mol. The van der Waals surface area contributed by atoms with Crippen molar-refractivity contribution in [2.75, 3.05) is 17.2 Å². The van der Waals surface area contributed by atoms with Crippen molar-refractivity contribution in [2.24, 2.45) is 5.92 Å². The van der Waals surface area contributed by atoms with Crippen molar-refractivity contribution in [3.8, 4) is 11.8 Å². The topological polar surface area (TPSA) is 100 Å². The molecule has 0 saturated heterocycles. The molecule has 2 N–H and O–H groups in total. The molecule has 1 unspecified atom stereocenters. The molecule has 0 radical (unpaired) electrons. The summed E-state index contributed by atoms with van der Waals surface area (Å²) in [5.41, 5.74) is 2.09. The van der Waals surface area contributed by atoms with E-state index in [4.69, 9.17) is 9.47 Å². The Labute approximate surface area is 169 Å². The highest BCUT2D eigenvalue weighted by molar-refractivity contribution is 5.90. The van der Waals surface area contributed by atoms with E-state index < -0.39 is 11.9 Å². The lowest BCUT2D eigenvalue weighted by molar-refractivity contribution is -0.146. The number of hydrogen-bond acceptors (Lipinski definition) is 6. The van der Waals surface area contributed by atoms with Gasteiger partial charge in [0.05, 0.1) is 18.4 Å². The molecule has 2 aromatic rings. The van der Waals surface area contributed by atoms with Crippen LogP contribution in [0, 0.1) is 17.2 Å². The summed E-state index contributed by atoms with van der Waals surface area (Å²) in [6.45, 7) is 3.82. The molecule has 0 aromatic heterocycles. The Morgan fingerprint density at radius 3 is 2.62 bits per heavy atom. The van der Waals surface area contributed by atoms with Crippen LogP contribution in [-0.4, -0.2) is 18.5 Å². The first-order valence-electron chi connectivity index (χ1n) is 9.11. The van der Waals surface area contributed by atoms with E-state index in [1.807, 2.05) is 43.3 Å². The van der Waals surface area contributed by atoms with Gasteiger partial charge in [-0.05, 0) is 36.9 Å². The van der Waals surface area contributed by atoms with Crippen LogP contribution in [0.4, 0.5) is 11.4 Å². The Morgan fingerprint density at radius 1 is 1.21 bits per heavy atom. The Morgan fingerprint density at radius 2 is 1.97 bits per heavy atom. The van der Waals surface area contributed by atoms with Gasteiger partial charge >= 0.3 is 5.97 Å². The summed E-state index contributed by atoms with van der Waals surface area (Å²) in [5, 5.41) is 14.9. The van der Waals surface area contributed by atoms with Crippen LogP contribution in [0.25, 0.3) is 0 Å².